The van der Waals surface area contributed by atoms with E-state index in [4.69, 9.17) is 5.73 Å². The molecule has 1 aromatic rings. The van der Waals surface area contributed by atoms with Crippen LogP contribution >= 0.6 is 22.6 Å². The van der Waals surface area contributed by atoms with E-state index in [-0.39, 0.29) is 6.07 Å². The molecule has 0 aliphatic heterocycles. The van der Waals surface area contributed by atoms with Crippen molar-refractivity contribution in [2.75, 3.05) is 5.73 Å². The van der Waals surface area contributed by atoms with Gasteiger partial charge in [-0.3, -0.25) is 0 Å². The van der Waals surface area contributed by atoms with Gasteiger partial charge in [-0.2, -0.15) is 26.3 Å². The monoisotopic (exact) mass is 355 g/mol. The molecule has 1 aromatic carbocycles. The Morgan fingerprint density at radius 2 is 1.44 bits per heavy atom. The minimum absolute atomic E-state index is 0.0537. The number of anilines is 1. The predicted molar refractivity (Wildman–Crippen MR) is 53.6 cm³/mol. The molecule has 0 unspecified atom stereocenters. The van der Waals surface area contributed by atoms with Gasteiger partial charge in [0.1, 0.15) is 0 Å². The van der Waals surface area contributed by atoms with Gasteiger partial charge in [-0.15, -0.1) is 0 Å². The fourth-order valence-electron chi connectivity index (χ4n) is 1.02. The fourth-order valence-corrected chi connectivity index (χ4v) is 1.63. The molecule has 1 rings (SSSR count). The van der Waals surface area contributed by atoms with Crippen LogP contribution in [0.2, 0.25) is 0 Å². The van der Waals surface area contributed by atoms with Crippen molar-refractivity contribution in [2.45, 2.75) is 12.4 Å². The Bertz CT molecular complexity index is 408. The molecule has 0 atom stereocenters. The normalized spacial score (nSPS) is 12.9. The van der Waals surface area contributed by atoms with Gasteiger partial charge in [0.05, 0.1) is 11.1 Å². The van der Waals surface area contributed by atoms with Crippen molar-refractivity contribution in [3.63, 3.8) is 0 Å². The highest BCUT2D eigenvalue weighted by Gasteiger charge is 2.38. The van der Waals surface area contributed by atoms with Crippen molar-refractivity contribution in [1.29, 1.82) is 0 Å². The third-order valence-corrected chi connectivity index (χ3v) is 2.94. The number of halogens is 7. The van der Waals surface area contributed by atoms with Gasteiger partial charge in [0.15, 0.2) is 0 Å². The Kier molecular flexibility index (Phi) is 3.32. The quantitative estimate of drug-likeness (QED) is 0.426. The molecule has 0 aliphatic rings. The zero-order valence-electron chi connectivity index (χ0n) is 7.38. The summed E-state index contributed by atoms with van der Waals surface area (Å²) < 4.78 is 73.4. The highest BCUT2D eigenvalue weighted by Crippen LogP contribution is 2.40. The molecule has 0 bridgehead atoms. The maximum absolute atomic E-state index is 12.4. The molecule has 0 saturated carbocycles. The Hall–Kier alpha value is -0.670. The summed E-state index contributed by atoms with van der Waals surface area (Å²) in [6.45, 7) is 0. The molecular formula is C8H4F6IN. The van der Waals surface area contributed by atoms with Gasteiger partial charge in [0.2, 0.25) is 0 Å². The largest absolute Gasteiger partial charge is 0.417 e. The third kappa shape index (κ3) is 2.71. The maximum Gasteiger partial charge on any atom is 0.417 e. The topological polar surface area (TPSA) is 26.0 Å². The molecule has 0 fully saturated rings. The van der Waals surface area contributed by atoms with Crippen LogP contribution in [0.1, 0.15) is 11.1 Å². The van der Waals surface area contributed by atoms with Crippen LogP contribution in [0, 0.1) is 3.57 Å². The lowest BCUT2D eigenvalue weighted by Crippen LogP contribution is -2.14. The second-order valence-corrected chi connectivity index (χ2v) is 4.00. The van der Waals surface area contributed by atoms with Gasteiger partial charge in [-0.25, -0.2) is 0 Å². The number of alkyl halides is 6. The third-order valence-electron chi connectivity index (χ3n) is 1.73. The van der Waals surface area contributed by atoms with E-state index in [1.165, 1.54) is 22.6 Å². The summed E-state index contributed by atoms with van der Waals surface area (Å²) in [5.41, 5.74) is 1.79. The molecule has 0 amide bonds. The standard InChI is InChI=1S/C8H4F6IN/c9-7(10,11)3-1-4(8(12,13)14)6(15)5(16)2-3/h1-2H,16H2. The number of nitrogens with two attached hydrogens (primary N) is 1. The molecule has 0 aromatic heterocycles. The molecule has 8 heteroatoms. The van der Waals surface area contributed by atoms with Crippen LogP contribution < -0.4 is 5.73 Å². The molecule has 1 nitrogen and oxygen atoms in total. The summed E-state index contributed by atoms with van der Waals surface area (Å²) in [6.07, 6.45) is -9.70. The van der Waals surface area contributed by atoms with Crippen molar-refractivity contribution < 1.29 is 26.3 Å². The smallest absolute Gasteiger partial charge is 0.398 e. The second kappa shape index (κ2) is 3.97. The summed E-state index contributed by atoms with van der Waals surface area (Å²) in [6, 6.07) is 0.537. The van der Waals surface area contributed by atoms with Crippen LogP contribution in [0.4, 0.5) is 32.0 Å². The van der Waals surface area contributed by atoms with Crippen molar-refractivity contribution >= 4 is 28.3 Å². The van der Waals surface area contributed by atoms with E-state index < -0.39 is 32.7 Å². The number of nitrogen functional groups attached to an aromatic ring is 1. The summed E-state index contributed by atoms with van der Waals surface area (Å²) in [5, 5.41) is 0. The Balaban J connectivity index is 3.46. The molecule has 0 saturated heterocycles. The highest BCUT2D eigenvalue weighted by molar-refractivity contribution is 14.1. The lowest BCUT2D eigenvalue weighted by Gasteiger charge is -2.14. The van der Waals surface area contributed by atoms with Gasteiger partial charge in [-0.05, 0) is 34.7 Å². The molecule has 0 heterocycles. The van der Waals surface area contributed by atoms with Gasteiger partial charge in [0.25, 0.3) is 0 Å². The zero-order valence-corrected chi connectivity index (χ0v) is 9.54. The van der Waals surface area contributed by atoms with Crippen molar-refractivity contribution in [1.82, 2.24) is 0 Å². The van der Waals surface area contributed by atoms with E-state index >= 15 is 0 Å². The van der Waals surface area contributed by atoms with Crippen LogP contribution in [0.5, 0.6) is 0 Å². The van der Waals surface area contributed by atoms with E-state index in [9.17, 15) is 26.3 Å². The Morgan fingerprint density at radius 3 is 1.81 bits per heavy atom. The number of hydrogen-bond donors (Lipinski definition) is 1. The van der Waals surface area contributed by atoms with Gasteiger partial charge in [0, 0.05) is 9.26 Å². The zero-order chi connectivity index (χ0) is 12.7. The summed E-state index contributed by atoms with van der Waals surface area (Å²) >= 11 is 1.26. The summed E-state index contributed by atoms with van der Waals surface area (Å²) in [7, 11) is 0. The number of benzene rings is 1. The van der Waals surface area contributed by atoms with E-state index in [2.05, 4.69) is 0 Å². The lowest BCUT2D eigenvalue weighted by atomic mass is 10.1. The van der Waals surface area contributed by atoms with Crippen molar-refractivity contribution in [3.8, 4) is 0 Å². The second-order valence-electron chi connectivity index (χ2n) is 2.92. The SMILES string of the molecule is Nc1cc(C(F)(F)F)cc(C(F)(F)F)c1I. The first-order valence-electron chi connectivity index (χ1n) is 3.77. The molecule has 0 radical (unpaired) electrons. The minimum atomic E-state index is -4.86. The fraction of sp³-hybridized carbons (Fsp3) is 0.250. The van der Waals surface area contributed by atoms with Crippen LogP contribution in [-0.2, 0) is 12.4 Å². The van der Waals surface area contributed by atoms with E-state index in [0.29, 0.717) is 6.07 Å². The molecule has 90 valence electrons. The van der Waals surface area contributed by atoms with Gasteiger partial charge in [-0.1, -0.05) is 0 Å². The van der Waals surface area contributed by atoms with Crippen LogP contribution in [-0.4, -0.2) is 0 Å². The van der Waals surface area contributed by atoms with Gasteiger partial charge < -0.3 is 5.73 Å². The van der Waals surface area contributed by atoms with E-state index in [1.54, 1.807) is 0 Å². The summed E-state index contributed by atoms with van der Waals surface area (Å²) in [4.78, 5) is 0. The highest BCUT2D eigenvalue weighted by atomic mass is 127. The average molecular weight is 355 g/mol. The van der Waals surface area contributed by atoms with Crippen LogP contribution in [0.3, 0.4) is 0 Å². The van der Waals surface area contributed by atoms with Crippen molar-refractivity contribution in [3.05, 3.63) is 26.8 Å². The number of hydrogen-bond acceptors (Lipinski definition) is 1. The molecule has 0 spiro atoms. The van der Waals surface area contributed by atoms with Crippen LogP contribution in [0.25, 0.3) is 0 Å². The molecule has 0 aliphatic carbocycles. The van der Waals surface area contributed by atoms with Crippen molar-refractivity contribution in [2.24, 2.45) is 0 Å². The Morgan fingerprint density at radius 1 is 0.938 bits per heavy atom. The maximum atomic E-state index is 12.4. The molecular weight excluding hydrogens is 351 g/mol. The first kappa shape index (κ1) is 13.4. The lowest BCUT2D eigenvalue weighted by molar-refractivity contribution is -0.143. The number of rotatable bonds is 0. The first-order chi connectivity index (χ1) is 7.03. The van der Waals surface area contributed by atoms with Gasteiger partial charge >= 0.3 is 12.4 Å². The van der Waals surface area contributed by atoms with Crippen LogP contribution in [0.15, 0.2) is 12.1 Å². The van der Waals surface area contributed by atoms with E-state index in [1.807, 2.05) is 0 Å². The minimum Gasteiger partial charge on any atom is -0.398 e. The predicted octanol–water partition coefficient (Wildman–Crippen LogP) is 3.91. The first-order valence-corrected chi connectivity index (χ1v) is 4.85. The average Bonchev–Trinajstić information content (AvgIpc) is 2.05. The molecule has 16 heavy (non-hydrogen) atoms. The Labute approximate surface area is 99.8 Å². The molecule has 2 N–H and O–H groups in total. The van der Waals surface area contributed by atoms with E-state index in [0.717, 1.165) is 0 Å². The summed E-state index contributed by atoms with van der Waals surface area (Å²) in [5.74, 6) is 0.